The van der Waals surface area contributed by atoms with Crippen LogP contribution in [0.25, 0.3) is 0 Å². The molecule has 2 N–H and O–H groups in total. The van der Waals surface area contributed by atoms with Crippen LogP contribution in [0.3, 0.4) is 0 Å². The minimum Gasteiger partial charge on any atom is -0.326 e. The van der Waals surface area contributed by atoms with E-state index in [0.717, 1.165) is 17.7 Å². The lowest BCUT2D eigenvalue weighted by Gasteiger charge is -2.01. The monoisotopic (exact) mass is 198 g/mol. The highest BCUT2D eigenvalue weighted by Gasteiger charge is 1.96. The van der Waals surface area contributed by atoms with Gasteiger partial charge in [0, 0.05) is 24.9 Å². The predicted molar refractivity (Wildman–Crippen MR) is 61.4 cm³/mol. The third kappa shape index (κ3) is 2.64. The van der Waals surface area contributed by atoms with Crippen LogP contribution in [0.1, 0.15) is 16.8 Å². The van der Waals surface area contributed by atoms with Gasteiger partial charge < -0.3 is 5.73 Å². The highest BCUT2D eigenvalue weighted by Crippen LogP contribution is 2.07. The van der Waals surface area contributed by atoms with Crippen molar-refractivity contribution in [1.82, 2.24) is 4.98 Å². The van der Waals surface area contributed by atoms with Crippen LogP contribution in [0, 0.1) is 0 Å². The SMILES string of the molecule is NCc1ccc(Cc2ccccc2)nc1. The van der Waals surface area contributed by atoms with Crippen LogP contribution >= 0.6 is 0 Å². The Hall–Kier alpha value is -1.67. The molecule has 0 saturated heterocycles. The molecule has 0 amide bonds. The van der Waals surface area contributed by atoms with E-state index in [4.69, 9.17) is 5.73 Å². The Labute approximate surface area is 89.8 Å². The van der Waals surface area contributed by atoms with Gasteiger partial charge in [-0.25, -0.2) is 0 Å². The van der Waals surface area contributed by atoms with Crippen molar-refractivity contribution in [2.24, 2.45) is 5.73 Å². The van der Waals surface area contributed by atoms with Gasteiger partial charge in [-0.05, 0) is 17.2 Å². The number of nitrogens with two attached hydrogens (primary N) is 1. The first-order chi connectivity index (χ1) is 7.38. The zero-order chi connectivity index (χ0) is 10.5. The second kappa shape index (κ2) is 4.71. The Balaban J connectivity index is 2.11. The first-order valence-corrected chi connectivity index (χ1v) is 5.06. The molecule has 0 spiro atoms. The zero-order valence-electron chi connectivity index (χ0n) is 8.56. The summed E-state index contributed by atoms with van der Waals surface area (Å²) < 4.78 is 0. The van der Waals surface area contributed by atoms with Crippen molar-refractivity contribution >= 4 is 0 Å². The van der Waals surface area contributed by atoms with Crippen molar-refractivity contribution in [3.63, 3.8) is 0 Å². The van der Waals surface area contributed by atoms with Crippen LogP contribution in [0.4, 0.5) is 0 Å². The number of rotatable bonds is 3. The van der Waals surface area contributed by atoms with E-state index in [1.54, 1.807) is 0 Å². The van der Waals surface area contributed by atoms with E-state index in [1.165, 1.54) is 5.56 Å². The highest BCUT2D eigenvalue weighted by molar-refractivity contribution is 5.23. The van der Waals surface area contributed by atoms with Gasteiger partial charge >= 0.3 is 0 Å². The molecular formula is C13H14N2. The largest absolute Gasteiger partial charge is 0.326 e. The van der Waals surface area contributed by atoms with Gasteiger partial charge in [0.05, 0.1) is 0 Å². The van der Waals surface area contributed by atoms with Gasteiger partial charge in [0.25, 0.3) is 0 Å². The lowest BCUT2D eigenvalue weighted by molar-refractivity contribution is 1.01. The van der Waals surface area contributed by atoms with Crippen molar-refractivity contribution < 1.29 is 0 Å². The Morgan fingerprint density at radius 1 is 0.933 bits per heavy atom. The summed E-state index contributed by atoms with van der Waals surface area (Å²) in [5, 5.41) is 0. The molecule has 1 heterocycles. The van der Waals surface area contributed by atoms with Gasteiger partial charge in [0.2, 0.25) is 0 Å². The summed E-state index contributed by atoms with van der Waals surface area (Å²) in [7, 11) is 0. The van der Waals surface area contributed by atoms with E-state index in [2.05, 4.69) is 17.1 Å². The summed E-state index contributed by atoms with van der Waals surface area (Å²) in [5.41, 5.74) is 8.95. The van der Waals surface area contributed by atoms with E-state index in [9.17, 15) is 0 Å². The second-order valence-electron chi connectivity index (χ2n) is 3.52. The molecule has 15 heavy (non-hydrogen) atoms. The van der Waals surface area contributed by atoms with Gasteiger partial charge in [-0.3, -0.25) is 4.98 Å². The molecule has 2 aromatic rings. The van der Waals surface area contributed by atoms with Gasteiger partial charge in [-0.15, -0.1) is 0 Å². The molecule has 0 aliphatic heterocycles. The highest BCUT2D eigenvalue weighted by atomic mass is 14.7. The molecule has 2 rings (SSSR count). The summed E-state index contributed by atoms with van der Waals surface area (Å²) >= 11 is 0. The van der Waals surface area contributed by atoms with E-state index in [-0.39, 0.29) is 0 Å². The van der Waals surface area contributed by atoms with Crippen LogP contribution in [-0.4, -0.2) is 4.98 Å². The van der Waals surface area contributed by atoms with Gasteiger partial charge in [-0.1, -0.05) is 36.4 Å². The number of pyridine rings is 1. The van der Waals surface area contributed by atoms with E-state index >= 15 is 0 Å². The molecule has 0 unspecified atom stereocenters. The van der Waals surface area contributed by atoms with Crippen LogP contribution < -0.4 is 5.73 Å². The van der Waals surface area contributed by atoms with Gasteiger partial charge in [0.1, 0.15) is 0 Å². The minimum absolute atomic E-state index is 0.554. The molecule has 0 aliphatic rings. The smallest absolute Gasteiger partial charge is 0.0447 e. The minimum atomic E-state index is 0.554. The second-order valence-corrected chi connectivity index (χ2v) is 3.52. The number of nitrogens with zero attached hydrogens (tertiary/aromatic N) is 1. The first kappa shape index (κ1) is 9.87. The van der Waals surface area contributed by atoms with Crippen LogP contribution in [0.15, 0.2) is 48.7 Å². The molecule has 2 nitrogen and oxygen atoms in total. The number of hydrogen-bond donors (Lipinski definition) is 1. The van der Waals surface area contributed by atoms with Gasteiger partial charge in [0.15, 0.2) is 0 Å². The molecule has 0 radical (unpaired) electrons. The maximum Gasteiger partial charge on any atom is 0.0447 e. The number of hydrogen-bond acceptors (Lipinski definition) is 2. The van der Waals surface area contributed by atoms with E-state index in [1.807, 2.05) is 36.5 Å². The van der Waals surface area contributed by atoms with Crippen LogP contribution in [-0.2, 0) is 13.0 Å². The standard InChI is InChI=1S/C13H14N2/c14-9-12-6-7-13(15-10-12)8-11-4-2-1-3-5-11/h1-7,10H,8-9,14H2. The predicted octanol–water partition coefficient (Wildman–Crippen LogP) is 2.13. The summed E-state index contributed by atoms with van der Waals surface area (Å²) in [6.07, 6.45) is 2.73. The maximum atomic E-state index is 5.51. The van der Waals surface area contributed by atoms with Crippen molar-refractivity contribution in [1.29, 1.82) is 0 Å². The molecule has 0 atom stereocenters. The average Bonchev–Trinajstić information content (AvgIpc) is 2.31. The number of aromatic nitrogens is 1. The molecule has 0 bridgehead atoms. The molecule has 0 fully saturated rings. The summed E-state index contributed by atoms with van der Waals surface area (Å²) in [5.74, 6) is 0. The van der Waals surface area contributed by atoms with Crippen molar-refractivity contribution in [3.8, 4) is 0 Å². The normalized spacial score (nSPS) is 10.2. The van der Waals surface area contributed by atoms with Crippen LogP contribution in [0.5, 0.6) is 0 Å². The third-order valence-electron chi connectivity index (χ3n) is 2.35. The molecule has 1 aromatic carbocycles. The quantitative estimate of drug-likeness (QED) is 0.820. The zero-order valence-corrected chi connectivity index (χ0v) is 8.56. The van der Waals surface area contributed by atoms with E-state index < -0.39 is 0 Å². The van der Waals surface area contributed by atoms with Crippen molar-refractivity contribution in [2.45, 2.75) is 13.0 Å². The third-order valence-corrected chi connectivity index (χ3v) is 2.35. The summed E-state index contributed by atoms with van der Waals surface area (Å²) in [6, 6.07) is 14.4. The topological polar surface area (TPSA) is 38.9 Å². The molecule has 2 heteroatoms. The fourth-order valence-electron chi connectivity index (χ4n) is 1.49. The molecule has 76 valence electrons. The summed E-state index contributed by atoms with van der Waals surface area (Å²) in [4.78, 5) is 4.36. The van der Waals surface area contributed by atoms with Gasteiger partial charge in [-0.2, -0.15) is 0 Å². The fourth-order valence-corrected chi connectivity index (χ4v) is 1.49. The maximum absolute atomic E-state index is 5.51. The number of benzene rings is 1. The molecule has 0 saturated carbocycles. The lowest BCUT2D eigenvalue weighted by atomic mass is 10.1. The van der Waals surface area contributed by atoms with Crippen molar-refractivity contribution in [2.75, 3.05) is 0 Å². The Bertz CT molecular complexity index is 406. The summed E-state index contributed by atoms with van der Waals surface area (Å²) in [6.45, 7) is 0.554. The fraction of sp³-hybridized carbons (Fsp3) is 0.154. The molecule has 0 aliphatic carbocycles. The Kier molecular flexibility index (Phi) is 3.10. The molecule has 1 aromatic heterocycles. The lowest BCUT2D eigenvalue weighted by Crippen LogP contribution is -1.98. The Morgan fingerprint density at radius 2 is 1.73 bits per heavy atom. The van der Waals surface area contributed by atoms with E-state index in [0.29, 0.717) is 6.54 Å². The first-order valence-electron chi connectivity index (χ1n) is 5.06. The average molecular weight is 198 g/mol. The van der Waals surface area contributed by atoms with Crippen molar-refractivity contribution in [3.05, 3.63) is 65.5 Å². The Morgan fingerprint density at radius 3 is 2.33 bits per heavy atom. The molecular weight excluding hydrogens is 184 g/mol. The van der Waals surface area contributed by atoms with Crippen LogP contribution in [0.2, 0.25) is 0 Å².